The summed E-state index contributed by atoms with van der Waals surface area (Å²) < 4.78 is 27.2. The van der Waals surface area contributed by atoms with E-state index in [2.05, 4.69) is 11.6 Å². The minimum absolute atomic E-state index is 0.101. The van der Waals surface area contributed by atoms with E-state index in [1.54, 1.807) is 12.1 Å². The minimum atomic E-state index is -3.46. The van der Waals surface area contributed by atoms with Gasteiger partial charge in [-0.05, 0) is 42.9 Å². The van der Waals surface area contributed by atoms with E-state index in [1.165, 1.54) is 18.9 Å². The Labute approximate surface area is 115 Å². The first-order valence-corrected chi connectivity index (χ1v) is 8.17. The van der Waals surface area contributed by atoms with E-state index in [0.717, 1.165) is 18.4 Å². The molecule has 0 heterocycles. The number of nitrogen functional groups attached to an aromatic ring is 1. The molecule has 1 aliphatic carbocycles. The lowest BCUT2D eigenvalue weighted by molar-refractivity contribution is 0.336. The number of benzene rings is 1. The first-order valence-electron chi connectivity index (χ1n) is 6.68. The topological polar surface area (TPSA) is 72.2 Å². The van der Waals surface area contributed by atoms with E-state index in [4.69, 9.17) is 5.73 Å². The maximum Gasteiger partial charge on any atom is 0.240 e. The van der Waals surface area contributed by atoms with Crippen LogP contribution in [0.5, 0.6) is 0 Å². The average molecular weight is 282 g/mol. The van der Waals surface area contributed by atoms with Crippen LogP contribution in [-0.4, -0.2) is 15.0 Å². The minimum Gasteiger partial charge on any atom is -0.398 e. The van der Waals surface area contributed by atoms with Gasteiger partial charge in [-0.15, -0.1) is 0 Å². The van der Waals surface area contributed by atoms with Crippen molar-refractivity contribution in [1.29, 1.82) is 0 Å². The number of rotatable bonds is 4. The highest BCUT2D eigenvalue weighted by Crippen LogP contribution is 2.37. The Morgan fingerprint density at radius 1 is 1.32 bits per heavy atom. The van der Waals surface area contributed by atoms with Gasteiger partial charge in [-0.3, -0.25) is 0 Å². The van der Waals surface area contributed by atoms with Gasteiger partial charge in [0.05, 0.1) is 4.90 Å². The van der Waals surface area contributed by atoms with Crippen LogP contribution in [0.3, 0.4) is 0 Å². The first-order chi connectivity index (χ1) is 8.82. The smallest absolute Gasteiger partial charge is 0.240 e. The molecule has 0 spiro atoms. The standard InChI is InChI=1S/C14H22N2O2S/c1-11-5-6-12(9-13(11)15)19(17,18)16-10-14(2)7-3-4-8-14/h5-6,9,16H,3-4,7-8,10,15H2,1-2H3. The number of hydrogen-bond acceptors (Lipinski definition) is 3. The number of aryl methyl sites for hydroxylation is 1. The quantitative estimate of drug-likeness (QED) is 0.833. The Morgan fingerprint density at radius 2 is 1.95 bits per heavy atom. The second kappa shape index (κ2) is 5.13. The van der Waals surface area contributed by atoms with Gasteiger partial charge in [-0.25, -0.2) is 13.1 Å². The van der Waals surface area contributed by atoms with Gasteiger partial charge >= 0.3 is 0 Å². The molecular formula is C14H22N2O2S. The molecule has 1 aliphatic rings. The Morgan fingerprint density at radius 3 is 2.53 bits per heavy atom. The average Bonchev–Trinajstić information content (AvgIpc) is 2.78. The van der Waals surface area contributed by atoms with Crippen molar-refractivity contribution in [2.24, 2.45) is 5.41 Å². The molecule has 5 heteroatoms. The van der Waals surface area contributed by atoms with Crippen LogP contribution < -0.4 is 10.5 Å². The summed E-state index contributed by atoms with van der Waals surface area (Å²) in [6, 6.07) is 4.86. The van der Waals surface area contributed by atoms with Crippen molar-refractivity contribution in [3.8, 4) is 0 Å². The summed E-state index contributed by atoms with van der Waals surface area (Å²) in [5.41, 5.74) is 7.27. The Balaban J connectivity index is 2.11. The lowest BCUT2D eigenvalue weighted by Crippen LogP contribution is -2.34. The van der Waals surface area contributed by atoms with Gasteiger partial charge < -0.3 is 5.73 Å². The molecule has 19 heavy (non-hydrogen) atoms. The third kappa shape index (κ3) is 3.28. The van der Waals surface area contributed by atoms with E-state index in [0.29, 0.717) is 12.2 Å². The van der Waals surface area contributed by atoms with Gasteiger partial charge in [0.1, 0.15) is 0 Å². The number of nitrogens with one attached hydrogen (secondary N) is 1. The van der Waals surface area contributed by atoms with Crippen molar-refractivity contribution >= 4 is 15.7 Å². The van der Waals surface area contributed by atoms with Crippen molar-refractivity contribution in [2.75, 3.05) is 12.3 Å². The molecule has 0 amide bonds. The van der Waals surface area contributed by atoms with Crippen LogP contribution in [0.25, 0.3) is 0 Å². The SMILES string of the molecule is Cc1ccc(S(=O)(=O)NCC2(C)CCCC2)cc1N. The maximum atomic E-state index is 12.2. The monoisotopic (exact) mass is 282 g/mol. The fourth-order valence-corrected chi connectivity index (χ4v) is 3.78. The second-order valence-electron chi connectivity index (χ2n) is 5.86. The van der Waals surface area contributed by atoms with Crippen LogP contribution >= 0.6 is 0 Å². The highest BCUT2D eigenvalue weighted by molar-refractivity contribution is 7.89. The van der Waals surface area contributed by atoms with E-state index in [1.807, 2.05) is 6.92 Å². The summed E-state index contributed by atoms with van der Waals surface area (Å²) >= 11 is 0. The number of nitrogens with two attached hydrogens (primary N) is 1. The predicted octanol–water partition coefficient (Wildman–Crippen LogP) is 2.44. The van der Waals surface area contributed by atoms with Crippen LogP contribution in [0.1, 0.15) is 38.2 Å². The summed E-state index contributed by atoms with van der Waals surface area (Å²) in [5, 5.41) is 0. The van der Waals surface area contributed by atoms with Crippen molar-refractivity contribution in [2.45, 2.75) is 44.4 Å². The maximum absolute atomic E-state index is 12.2. The Kier molecular flexibility index (Phi) is 3.87. The van der Waals surface area contributed by atoms with E-state index >= 15 is 0 Å². The normalized spacial score (nSPS) is 18.6. The molecular weight excluding hydrogens is 260 g/mol. The molecule has 1 saturated carbocycles. The lowest BCUT2D eigenvalue weighted by atomic mass is 9.89. The molecule has 106 valence electrons. The molecule has 1 aromatic rings. The third-order valence-corrected chi connectivity index (χ3v) is 5.46. The van der Waals surface area contributed by atoms with E-state index in [-0.39, 0.29) is 10.3 Å². The molecule has 4 nitrogen and oxygen atoms in total. The first kappa shape index (κ1) is 14.3. The molecule has 0 aliphatic heterocycles. The molecule has 3 N–H and O–H groups in total. The summed E-state index contributed by atoms with van der Waals surface area (Å²) in [5.74, 6) is 0. The summed E-state index contributed by atoms with van der Waals surface area (Å²) in [4.78, 5) is 0.247. The Bertz CT molecular complexity index is 561. The fraction of sp³-hybridized carbons (Fsp3) is 0.571. The van der Waals surface area contributed by atoms with Crippen molar-refractivity contribution in [1.82, 2.24) is 4.72 Å². The van der Waals surface area contributed by atoms with Crippen LogP contribution in [0.4, 0.5) is 5.69 Å². The summed E-state index contributed by atoms with van der Waals surface area (Å²) in [6.45, 7) is 4.51. The van der Waals surface area contributed by atoms with Gasteiger partial charge in [0, 0.05) is 12.2 Å². The van der Waals surface area contributed by atoms with Gasteiger partial charge in [-0.1, -0.05) is 25.8 Å². The predicted molar refractivity (Wildman–Crippen MR) is 77.4 cm³/mol. The highest BCUT2D eigenvalue weighted by Gasteiger charge is 2.30. The van der Waals surface area contributed by atoms with Crippen molar-refractivity contribution in [3.63, 3.8) is 0 Å². The molecule has 0 aromatic heterocycles. The number of sulfonamides is 1. The number of hydrogen-bond donors (Lipinski definition) is 2. The summed E-state index contributed by atoms with van der Waals surface area (Å²) in [7, 11) is -3.46. The van der Waals surface area contributed by atoms with E-state index < -0.39 is 10.0 Å². The lowest BCUT2D eigenvalue weighted by Gasteiger charge is -2.23. The zero-order valence-electron chi connectivity index (χ0n) is 11.6. The zero-order chi connectivity index (χ0) is 14.1. The largest absolute Gasteiger partial charge is 0.398 e. The van der Waals surface area contributed by atoms with Crippen LogP contribution in [0, 0.1) is 12.3 Å². The van der Waals surface area contributed by atoms with Gasteiger partial charge in [0.25, 0.3) is 0 Å². The van der Waals surface area contributed by atoms with Gasteiger partial charge in [0.15, 0.2) is 0 Å². The van der Waals surface area contributed by atoms with Gasteiger partial charge in [-0.2, -0.15) is 0 Å². The zero-order valence-corrected chi connectivity index (χ0v) is 12.4. The van der Waals surface area contributed by atoms with Crippen LogP contribution in [-0.2, 0) is 10.0 Å². The Hall–Kier alpha value is -1.07. The molecule has 0 bridgehead atoms. The molecule has 0 atom stereocenters. The third-order valence-electron chi connectivity index (χ3n) is 4.06. The van der Waals surface area contributed by atoms with Gasteiger partial charge in [0.2, 0.25) is 10.0 Å². The molecule has 1 fully saturated rings. The molecule has 0 radical (unpaired) electrons. The second-order valence-corrected chi connectivity index (χ2v) is 7.63. The molecule has 0 unspecified atom stereocenters. The fourth-order valence-electron chi connectivity index (χ4n) is 2.54. The van der Waals surface area contributed by atoms with Crippen molar-refractivity contribution < 1.29 is 8.42 Å². The highest BCUT2D eigenvalue weighted by atomic mass is 32.2. The van der Waals surface area contributed by atoms with Crippen LogP contribution in [0.2, 0.25) is 0 Å². The number of anilines is 1. The van der Waals surface area contributed by atoms with Crippen LogP contribution in [0.15, 0.2) is 23.1 Å². The molecule has 1 aromatic carbocycles. The molecule has 2 rings (SSSR count). The molecule has 0 saturated heterocycles. The van der Waals surface area contributed by atoms with Crippen molar-refractivity contribution in [3.05, 3.63) is 23.8 Å². The summed E-state index contributed by atoms with van der Waals surface area (Å²) in [6.07, 6.45) is 4.56. The van der Waals surface area contributed by atoms with E-state index in [9.17, 15) is 8.42 Å².